The number of hydrogen-bond acceptors (Lipinski definition) is 4. The summed E-state index contributed by atoms with van der Waals surface area (Å²) in [5, 5.41) is 1.84. The van der Waals surface area contributed by atoms with Crippen molar-refractivity contribution in [2.45, 2.75) is 0 Å². The van der Waals surface area contributed by atoms with Crippen LogP contribution in [0.25, 0.3) is 0 Å². The van der Waals surface area contributed by atoms with Crippen LogP contribution in [0.5, 0.6) is 0 Å². The van der Waals surface area contributed by atoms with Crippen molar-refractivity contribution in [3.63, 3.8) is 0 Å². The first-order chi connectivity index (χ1) is 4.27. The highest BCUT2D eigenvalue weighted by atomic mass is 33.1. The fraction of sp³-hybridized carbons (Fsp3) is 1.00. The summed E-state index contributed by atoms with van der Waals surface area (Å²) in [6.45, 7) is 0. The van der Waals surface area contributed by atoms with Gasteiger partial charge in [-0.05, 0) is 6.26 Å². The molecule has 1 nitrogen and oxygen atoms in total. The quantitative estimate of drug-likeness (QED) is 0.385. The molecule has 0 aromatic heterocycles. The molecule has 0 fully saturated rings. The average molecular weight is 202 g/mol. The van der Waals surface area contributed by atoms with E-state index in [2.05, 4.69) is 6.26 Å². The lowest BCUT2D eigenvalue weighted by atomic mass is 11.9. The summed E-state index contributed by atoms with van der Waals surface area (Å²) in [6.07, 6.45) is 3.79. The maximum absolute atomic E-state index is 10.5. The summed E-state index contributed by atoms with van der Waals surface area (Å²) < 4.78 is 10.5. The van der Waals surface area contributed by atoms with E-state index < -0.39 is 10.8 Å². The Morgan fingerprint density at radius 1 is 1.44 bits per heavy atom. The maximum atomic E-state index is 10.5. The third-order valence-electron chi connectivity index (χ3n) is 0.463. The lowest BCUT2D eigenvalue weighted by Gasteiger charge is -1.93. The van der Waals surface area contributed by atoms with Gasteiger partial charge in [0.15, 0.2) is 0 Å². The first-order valence-corrected chi connectivity index (χ1v) is 7.91. The monoisotopic (exact) mass is 202 g/mol. The third kappa shape index (κ3) is 9.20. The molecule has 0 radical (unpaired) electrons. The molecule has 0 aromatic rings. The summed E-state index contributed by atoms with van der Waals surface area (Å²) in [6, 6.07) is 0. The second-order valence-corrected chi connectivity index (χ2v) is 6.83. The molecule has 0 unspecified atom stereocenters. The van der Waals surface area contributed by atoms with Gasteiger partial charge in [-0.2, -0.15) is 11.8 Å². The Bertz CT molecular complexity index is 84.6. The third-order valence-corrected chi connectivity index (χ3v) is 5.90. The average Bonchev–Trinajstić information content (AvgIpc) is 1.80. The Kier molecular flexibility index (Phi) is 8.28. The lowest BCUT2D eigenvalue weighted by molar-refractivity contribution is 0.689. The van der Waals surface area contributed by atoms with Crippen molar-refractivity contribution in [1.82, 2.24) is 0 Å². The predicted octanol–water partition coefficient (Wildman–Crippen LogP) is 2.02. The van der Waals surface area contributed by atoms with Crippen molar-refractivity contribution in [3.8, 4) is 0 Å². The van der Waals surface area contributed by atoms with Gasteiger partial charge in [-0.25, -0.2) is 0 Å². The molecule has 0 aliphatic rings. The Balaban J connectivity index is 2.83. The summed E-state index contributed by atoms with van der Waals surface area (Å²) >= 11 is 1.80. The molecule has 5 heteroatoms. The van der Waals surface area contributed by atoms with Gasteiger partial charge in [-0.15, -0.1) is 0 Å². The van der Waals surface area contributed by atoms with Crippen LogP contribution in [0.4, 0.5) is 0 Å². The standard InChI is InChI=1S/C4H10OS4/c1-6-3-7-8-4-9(2)5/h3-4H2,1-2H3/t9-/m1/s1. The molecule has 0 saturated heterocycles. The molecule has 0 aliphatic carbocycles. The lowest BCUT2D eigenvalue weighted by Crippen LogP contribution is -1.84. The predicted molar refractivity (Wildman–Crippen MR) is 52.5 cm³/mol. The molecule has 0 bridgehead atoms. The second-order valence-electron chi connectivity index (χ2n) is 1.33. The van der Waals surface area contributed by atoms with Crippen LogP contribution in [-0.2, 0) is 10.8 Å². The summed E-state index contributed by atoms with van der Waals surface area (Å²) in [5.74, 6) is 0. The first-order valence-electron chi connectivity index (χ1n) is 2.30. The van der Waals surface area contributed by atoms with Gasteiger partial charge in [-0.3, -0.25) is 4.21 Å². The molecule has 0 aromatic carbocycles. The van der Waals surface area contributed by atoms with Crippen molar-refractivity contribution in [1.29, 1.82) is 0 Å². The smallest absolute Gasteiger partial charge is 0.0793 e. The molecule has 0 heterocycles. The van der Waals surface area contributed by atoms with Crippen LogP contribution in [0.15, 0.2) is 0 Å². The molecule has 9 heavy (non-hydrogen) atoms. The Morgan fingerprint density at radius 3 is 2.56 bits per heavy atom. The van der Waals surface area contributed by atoms with Crippen LogP contribution in [0.2, 0.25) is 0 Å². The van der Waals surface area contributed by atoms with E-state index in [4.69, 9.17) is 0 Å². The van der Waals surface area contributed by atoms with E-state index in [1.807, 2.05) is 0 Å². The SMILES string of the molecule is CSCSSC[S@@](C)=O. The normalized spacial score (nSPS) is 13.6. The Labute approximate surface area is 71.0 Å². The van der Waals surface area contributed by atoms with Crippen LogP contribution in [-0.4, -0.2) is 26.9 Å². The van der Waals surface area contributed by atoms with E-state index in [0.29, 0.717) is 0 Å². The van der Waals surface area contributed by atoms with Crippen LogP contribution in [0.1, 0.15) is 0 Å². The zero-order chi connectivity index (χ0) is 7.11. The van der Waals surface area contributed by atoms with Crippen molar-refractivity contribution < 1.29 is 4.21 Å². The van der Waals surface area contributed by atoms with Crippen molar-refractivity contribution in [3.05, 3.63) is 0 Å². The van der Waals surface area contributed by atoms with Crippen LogP contribution < -0.4 is 0 Å². The van der Waals surface area contributed by atoms with Gasteiger partial charge in [-0.1, -0.05) is 21.6 Å². The number of thioether (sulfide) groups is 1. The molecule has 0 N–H and O–H groups in total. The van der Waals surface area contributed by atoms with Crippen molar-refractivity contribution in [2.24, 2.45) is 0 Å². The molecule has 0 aliphatic heterocycles. The summed E-state index contributed by atoms with van der Waals surface area (Å²) in [5.41, 5.74) is 0. The molecule has 56 valence electrons. The molecule has 0 rings (SSSR count). The minimum Gasteiger partial charge on any atom is -0.259 e. The molecular formula is C4H10OS4. The van der Waals surface area contributed by atoms with E-state index in [-0.39, 0.29) is 0 Å². The molecule has 0 saturated carbocycles. The van der Waals surface area contributed by atoms with Gasteiger partial charge in [0.25, 0.3) is 0 Å². The van der Waals surface area contributed by atoms with Crippen LogP contribution >= 0.6 is 33.3 Å². The van der Waals surface area contributed by atoms with E-state index >= 15 is 0 Å². The van der Waals surface area contributed by atoms with Gasteiger partial charge in [0.2, 0.25) is 0 Å². The minimum atomic E-state index is -0.636. The first kappa shape index (κ1) is 10.2. The van der Waals surface area contributed by atoms with E-state index in [0.717, 1.165) is 10.2 Å². The Hall–Kier alpha value is 1.20. The van der Waals surface area contributed by atoms with E-state index in [1.54, 1.807) is 39.6 Å². The highest BCUT2D eigenvalue weighted by Gasteiger charge is 1.90. The van der Waals surface area contributed by atoms with E-state index in [1.165, 1.54) is 0 Å². The largest absolute Gasteiger partial charge is 0.259 e. The molecular weight excluding hydrogens is 192 g/mol. The second kappa shape index (κ2) is 7.31. The molecule has 0 spiro atoms. The summed E-state index contributed by atoms with van der Waals surface area (Å²) in [4.78, 5) is 0. The van der Waals surface area contributed by atoms with Crippen LogP contribution in [0.3, 0.4) is 0 Å². The van der Waals surface area contributed by atoms with Gasteiger partial charge in [0.1, 0.15) is 0 Å². The van der Waals surface area contributed by atoms with Gasteiger partial charge >= 0.3 is 0 Å². The number of rotatable bonds is 5. The van der Waals surface area contributed by atoms with Gasteiger partial charge in [0, 0.05) is 22.1 Å². The van der Waals surface area contributed by atoms with Crippen molar-refractivity contribution >= 4 is 44.1 Å². The highest BCUT2D eigenvalue weighted by Crippen LogP contribution is 2.24. The fourth-order valence-corrected chi connectivity index (χ4v) is 4.97. The van der Waals surface area contributed by atoms with Crippen molar-refractivity contribution in [2.75, 3.05) is 22.7 Å². The zero-order valence-corrected chi connectivity index (χ0v) is 8.72. The molecule has 1 atom stereocenters. The zero-order valence-electron chi connectivity index (χ0n) is 5.46. The van der Waals surface area contributed by atoms with Gasteiger partial charge in [0.05, 0.1) is 5.08 Å². The molecule has 0 amide bonds. The maximum Gasteiger partial charge on any atom is 0.0793 e. The highest BCUT2D eigenvalue weighted by molar-refractivity contribution is 8.79. The Morgan fingerprint density at radius 2 is 2.11 bits per heavy atom. The van der Waals surface area contributed by atoms with E-state index in [9.17, 15) is 4.21 Å². The van der Waals surface area contributed by atoms with Crippen LogP contribution in [0, 0.1) is 0 Å². The topological polar surface area (TPSA) is 17.1 Å². The minimum absolute atomic E-state index is 0.636. The fourth-order valence-electron chi connectivity index (χ4n) is 0.184. The van der Waals surface area contributed by atoms with Gasteiger partial charge < -0.3 is 0 Å². The summed E-state index contributed by atoms with van der Waals surface area (Å²) in [7, 11) is 2.81. The number of hydrogen-bond donors (Lipinski definition) is 0.